The molecule has 0 aromatic heterocycles. The highest BCUT2D eigenvalue weighted by Gasteiger charge is 2.16. The minimum Gasteiger partial charge on any atom is -0.325 e. The van der Waals surface area contributed by atoms with E-state index < -0.39 is 10.1 Å². The van der Waals surface area contributed by atoms with E-state index in [0.29, 0.717) is 0 Å². The van der Waals surface area contributed by atoms with Crippen LogP contribution in [0.5, 0.6) is 0 Å². The Kier molecular flexibility index (Phi) is 9.17. The van der Waals surface area contributed by atoms with E-state index in [9.17, 15) is 8.42 Å². The molecule has 4 nitrogen and oxygen atoms in total. The van der Waals surface area contributed by atoms with Crippen LogP contribution >= 0.6 is 0 Å². The van der Waals surface area contributed by atoms with Crippen molar-refractivity contribution < 1.29 is 17.5 Å². The van der Waals surface area contributed by atoms with Crippen LogP contribution in [0.25, 0.3) is 6.08 Å². The molecule has 0 saturated carbocycles. The Balaban J connectivity index is 0.000000400. The van der Waals surface area contributed by atoms with E-state index in [1.54, 1.807) is 24.3 Å². The molecule has 0 heterocycles. The first kappa shape index (κ1) is 19.8. The zero-order valence-corrected chi connectivity index (χ0v) is 14.3. The summed E-state index contributed by atoms with van der Waals surface area (Å²) in [5, 5.41) is 0.752. The van der Waals surface area contributed by atoms with Crippen molar-refractivity contribution in [2.75, 3.05) is 26.2 Å². The Hall–Kier alpha value is -1.17. The third kappa shape index (κ3) is 8.65. The average Bonchev–Trinajstić information content (AvgIpc) is 2.49. The fourth-order valence-electron chi connectivity index (χ4n) is 2.07. The molecule has 0 amide bonds. The fourth-order valence-corrected chi connectivity index (χ4v) is 2.40. The Morgan fingerprint density at radius 2 is 1.38 bits per heavy atom. The van der Waals surface area contributed by atoms with E-state index >= 15 is 0 Å². The van der Waals surface area contributed by atoms with Crippen LogP contribution < -0.4 is 0 Å². The van der Waals surface area contributed by atoms with Gasteiger partial charge in [0.15, 0.2) is 0 Å². The predicted molar refractivity (Wildman–Crippen MR) is 89.4 cm³/mol. The number of hydrogen-bond acceptors (Lipinski definition) is 2. The summed E-state index contributed by atoms with van der Waals surface area (Å²) in [5.41, 5.74) is 0.732. The number of benzene rings is 1. The Bertz CT molecular complexity index is 488. The van der Waals surface area contributed by atoms with Gasteiger partial charge in [0.1, 0.15) is 0 Å². The maximum absolute atomic E-state index is 10.3. The van der Waals surface area contributed by atoms with Crippen molar-refractivity contribution in [3.05, 3.63) is 41.3 Å². The fraction of sp³-hybridized carbons (Fsp3) is 0.500. The van der Waals surface area contributed by atoms with E-state index in [4.69, 9.17) is 4.55 Å². The van der Waals surface area contributed by atoms with Crippen LogP contribution in [-0.4, -0.2) is 43.6 Å². The summed E-state index contributed by atoms with van der Waals surface area (Å²) < 4.78 is 30.2. The second-order valence-corrected chi connectivity index (χ2v) is 6.14. The van der Waals surface area contributed by atoms with Gasteiger partial charge in [-0.15, -0.1) is 0 Å². The summed E-state index contributed by atoms with van der Waals surface area (Å²) in [6.45, 7) is 14.2. The average molecular weight is 314 g/mol. The quantitative estimate of drug-likeness (QED) is 0.646. The molecular formula is C16H28NO3S+. The van der Waals surface area contributed by atoms with Gasteiger partial charge in [0.25, 0.3) is 10.1 Å². The van der Waals surface area contributed by atoms with Gasteiger partial charge in [-0.2, -0.15) is 8.42 Å². The number of nitrogens with zero attached hydrogens (tertiary/aromatic N) is 1. The molecule has 0 aliphatic heterocycles. The van der Waals surface area contributed by atoms with Crippen LogP contribution in [0, 0.1) is 0 Å². The van der Waals surface area contributed by atoms with Crippen LogP contribution in [-0.2, 0) is 10.1 Å². The first-order valence-electron chi connectivity index (χ1n) is 7.38. The summed E-state index contributed by atoms with van der Waals surface area (Å²) in [7, 11) is -4.00. The van der Waals surface area contributed by atoms with Crippen molar-refractivity contribution in [2.45, 2.75) is 27.7 Å². The van der Waals surface area contributed by atoms with Crippen LogP contribution in [0.15, 0.2) is 35.7 Å². The molecule has 21 heavy (non-hydrogen) atoms. The monoisotopic (exact) mass is 314 g/mol. The Morgan fingerprint density at radius 3 is 1.67 bits per heavy atom. The highest BCUT2D eigenvalue weighted by Crippen LogP contribution is 2.03. The molecule has 5 heteroatoms. The smallest absolute Gasteiger partial charge is 0.287 e. The molecule has 0 aliphatic carbocycles. The molecule has 0 fully saturated rings. The van der Waals surface area contributed by atoms with E-state index in [-0.39, 0.29) is 0 Å². The lowest BCUT2D eigenvalue weighted by Gasteiger charge is -2.34. The van der Waals surface area contributed by atoms with Gasteiger partial charge in [0, 0.05) is 0 Å². The van der Waals surface area contributed by atoms with Crippen LogP contribution in [0.3, 0.4) is 0 Å². The molecule has 0 atom stereocenters. The second kappa shape index (κ2) is 9.71. The van der Waals surface area contributed by atoms with Gasteiger partial charge in [0.2, 0.25) is 0 Å². The highest BCUT2D eigenvalue weighted by molar-refractivity contribution is 7.88. The molecule has 0 aliphatic rings. The lowest BCUT2D eigenvalue weighted by Crippen LogP contribution is -2.47. The molecule has 0 saturated heterocycles. The summed E-state index contributed by atoms with van der Waals surface area (Å²) >= 11 is 0. The van der Waals surface area contributed by atoms with Crippen molar-refractivity contribution in [1.29, 1.82) is 0 Å². The van der Waals surface area contributed by atoms with Crippen LogP contribution in [0.4, 0.5) is 0 Å². The van der Waals surface area contributed by atoms with Crippen molar-refractivity contribution >= 4 is 16.2 Å². The van der Waals surface area contributed by atoms with Crippen LogP contribution in [0.1, 0.15) is 33.3 Å². The van der Waals surface area contributed by atoms with E-state index in [0.717, 1.165) is 11.0 Å². The van der Waals surface area contributed by atoms with Gasteiger partial charge in [-0.25, -0.2) is 0 Å². The minimum atomic E-state index is -4.00. The van der Waals surface area contributed by atoms with Gasteiger partial charge in [-0.1, -0.05) is 30.3 Å². The van der Waals surface area contributed by atoms with E-state index in [2.05, 4.69) is 27.7 Å². The van der Waals surface area contributed by atoms with Crippen molar-refractivity contribution in [1.82, 2.24) is 0 Å². The summed E-state index contributed by atoms with van der Waals surface area (Å²) in [4.78, 5) is 0. The Morgan fingerprint density at radius 1 is 0.952 bits per heavy atom. The summed E-state index contributed by atoms with van der Waals surface area (Å²) in [6, 6.07) is 8.86. The lowest BCUT2D eigenvalue weighted by atomic mass is 10.2. The minimum absolute atomic E-state index is 0.732. The molecule has 0 bridgehead atoms. The van der Waals surface area contributed by atoms with E-state index in [1.165, 1.54) is 36.7 Å². The number of rotatable bonds is 6. The maximum Gasteiger partial charge on any atom is 0.287 e. The third-order valence-corrected chi connectivity index (χ3v) is 4.40. The van der Waals surface area contributed by atoms with Crippen molar-refractivity contribution in [3.63, 3.8) is 0 Å². The first-order valence-corrected chi connectivity index (χ1v) is 8.88. The lowest BCUT2D eigenvalue weighted by molar-refractivity contribution is -0.921. The van der Waals surface area contributed by atoms with Gasteiger partial charge < -0.3 is 4.48 Å². The first-order chi connectivity index (χ1) is 9.82. The van der Waals surface area contributed by atoms with Crippen molar-refractivity contribution in [3.8, 4) is 0 Å². The molecule has 1 N–H and O–H groups in total. The van der Waals surface area contributed by atoms with Gasteiger partial charge in [-0.3, -0.25) is 4.55 Å². The molecule has 0 unspecified atom stereocenters. The Labute approximate surface area is 129 Å². The number of hydrogen-bond donors (Lipinski definition) is 1. The maximum atomic E-state index is 10.3. The molecule has 120 valence electrons. The molecular weight excluding hydrogens is 286 g/mol. The zero-order chi connectivity index (χ0) is 16.4. The van der Waals surface area contributed by atoms with Gasteiger partial charge >= 0.3 is 0 Å². The molecule has 1 aromatic carbocycles. The highest BCUT2D eigenvalue weighted by atomic mass is 32.2. The largest absolute Gasteiger partial charge is 0.325 e. The van der Waals surface area contributed by atoms with Gasteiger partial charge in [0.05, 0.1) is 31.6 Å². The normalized spacial score (nSPS) is 12.0. The van der Waals surface area contributed by atoms with Crippen molar-refractivity contribution in [2.24, 2.45) is 0 Å². The summed E-state index contributed by atoms with van der Waals surface area (Å²) in [6.07, 6.45) is 1.33. The summed E-state index contributed by atoms with van der Waals surface area (Å²) in [5.74, 6) is 0. The predicted octanol–water partition coefficient (Wildman–Crippen LogP) is 3.43. The number of quaternary nitrogens is 1. The third-order valence-electron chi connectivity index (χ3n) is 3.92. The zero-order valence-electron chi connectivity index (χ0n) is 13.5. The van der Waals surface area contributed by atoms with Crippen LogP contribution in [0.2, 0.25) is 0 Å². The molecule has 1 aromatic rings. The standard InChI is InChI=1S/C8H20N.C8H8O3S/c1-5-9(6-2,7-3)8-4;9-12(10,11)7-6-8-4-2-1-3-5-8/h5-8H2,1-4H3;1-7H,(H,9,10,11)/q+1;. The topological polar surface area (TPSA) is 54.4 Å². The van der Waals surface area contributed by atoms with Gasteiger partial charge in [-0.05, 0) is 39.3 Å². The molecule has 0 radical (unpaired) electrons. The van der Waals surface area contributed by atoms with E-state index in [1.807, 2.05) is 6.07 Å². The molecule has 1 rings (SSSR count). The molecule has 0 spiro atoms. The SMILES string of the molecule is CC[N+](CC)(CC)CC.O=S(=O)(O)C=Cc1ccccc1. The second-order valence-electron chi connectivity index (χ2n) is 4.83.